The first-order valence-electron chi connectivity index (χ1n) is 6.94. The molecule has 3 rings (SSSR count). The number of esters is 1. The van der Waals surface area contributed by atoms with Crippen LogP contribution in [0.5, 0.6) is 0 Å². The van der Waals surface area contributed by atoms with E-state index in [-0.39, 0.29) is 5.97 Å². The van der Waals surface area contributed by atoms with E-state index in [4.69, 9.17) is 4.74 Å². The topological polar surface area (TPSA) is 26.3 Å². The van der Waals surface area contributed by atoms with Gasteiger partial charge in [-0.2, -0.15) is 0 Å². The zero-order chi connectivity index (χ0) is 13.1. The quantitative estimate of drug-likeness (QED) is 0.402. The van der Waals surface area contributed by atoms with Gasteiger partial charge < -0.3 is 4.74 Å². The molecule has 0 aromatic heterocycles. The number of hydrogen-bond acceptors (Lipinski definition) is 2. The van der Waals surface area contributed by atoms with Crippen LogP contribution in [-0.4, -0.2) is 13.1 Å². The SMILES string of the molecule is C=C1[C@H]2C[C@H]2[C@]2(C)CC/C(=C(\C)C(=O)OC)C[C@@H]12. The van der Waals surface area contributed by atoms with Crippen molar-refractivity contribution in [2.45, 2.75) is 39.5 Å². The van der Waals surface area contributed by atoms with E-state index in [0.717, 1.165) is 30.3 Å². The molecule has 2 heteroatoms. The van der Waals surface area contributed by atoms with Crippen molar-refractivity contribution in [3.8, 4) is 0 Å². The number of rotatable bonds is 1. The van der Waals surface area contributed by atoms with Crippen molar-refractivity contribution in [1.29, 1.82) is 0 Å². The standard InChI is InChI=1S/C16H22O2/c1-9(15(17)18-4)11-5-6-16(3)13(7-11)10(2)12-8-14(12)16/h12-14H,2,5-8H2,1,3-4H3/b11-9-/t12-,13+,14-,16-/m1/s1. The van der Waals surface area contributed by atoms with E-state index in [1.807, 2.05) is 6.92 Å². The van der Waals surface area contributed by atoms with Crippen molar-refractivity contribution in [3.63, 3.8) is 0 Å². The fourth-order valence-electron chi connectivity index (χ4n) is 4.40. The molecule has 98 valence electrons. The van der Waals surface area contributed by atoms with Crippen LogP contribution in [0.4, 0.5) is 0 Å². The van der Waals surface area contributed by atoms with Crippen molar-refractivity contribution >= 4 is 5.97 Å². The van der Waals surface area contributed by atoms with E-state index < -0.39 is 0 Å². The van der Waals surface area contributed by atoms with Gasteiger partial charge in [0, 0.05) is 5.57 Å². The predicted octanol–water partition coefficient (Wildman–Crippen LogP) is 3.49. The van der Waals surface area contributed by atoms with Gasteiger partial charge in [0.15, 0.2) is 0 Å². The molecule has 0 amide bonds. The number of methoxy groups -OCH3 is 1. The average Bonchev–Trinajstić information content (AvgIpc) is 3.13. The normalized spacial score (nSPS) is 44.2. The minimum Gasteiger partial charge on any atom is -0.466 e. The maximum absolute atomic E-state index is 11.6. The number of carbonyl (C=O) groups is 1. The molecule has 0 aromatic rings. The Balaban J connectivity index is 1.87. The second kappa shape index (κ2) is 3.72. The molecule has 0 N–H and O–H groups in total. The van der Waals surface area contributed by atoms with E-state index in [2.05, 4.69) is 13.5 Å². The van der Waals surface area contributed by atoms with Crippen LogP contribution in [-0.2, 0) is 9.53 Å². The molecule has 0 radical (unpaired) electrons. The maximum atomic E-state index is 11.6. The van der Waals surface area contributed by atoms with E-state index in [1.165, 1.54) is 31.1 Å². The van der Waals surface area contributed by atoms with Crippen LogP contribution in [0.1, 0.15) is 39.5 Å². The van der Waals surface area contributed by atoms with E-state index in [9.17, 15) is 4.79 Å². The molecule has 18 heavy (non-hydrogen) atoms. The Morgan fingerprint density at radius 2 is 2.22 bits per heavy atom. The van der Waals surface area contributed by atoms with Gasteiger partial charge in [-0.3, -0.25) is 0 Å². The first-order chi connectivity index (χ1) is 8.49. The lowest BCUT2D eigenvalue weighted by molar-refractivity contribution is -0.136. The highest BCUT2D eigenvalue weighted by Crippen LogP contribution is 2.71. The lowest BCUT2D eigenvalue weighted by atomic mass is 9.64. The van der Waals surface area contributed by atoms with Crippen LogP contribution in [0, 0.1) is 23.2 Å². The summed E-state index contributed by atoms with van der Waals surface area (Å²) in [4.78, 5) is 11.6. The van der Waals surface area contributed by atoms with Gasteiger partial charge in [-0.25, -0.2) is 4.79 Å². The van der Waals surface area contributed by atoms with Gasteiger partial charge in [0.2, 0.25) is 0 Å². The second-order valence-electron chi connectivity index (χ2n) is 6.51. The highest BCUT2D eigenvalue weighted by atomic mass is 16.5. The molecule has 0 saturated heterocycles. The molecular weight excluding hydrogens is 224 g/mol. The molecule has 3 fully saturated rings. The van der Waals surface area contributed by atoms with E-state index in [1.54, 1.807) is 0 Å². The van der Waals surface area contributed by atoms with Crippen molar-refractivity contribution in [2.75, 3.05) is 7.11 Å². The van der Waals surface area contributed by atoms with Crippen LogP contribution in [0.3, 0.4) is 0 Å². The predicted molar refractivity (Wildman–Crippen MR) is 70.9 cm³/mol. The summed E-state index contributed by atoms with van der Waals surface area (Å²) in [5.74, 6) is 2.11. The number of hydrogen-bond donors (Lipinski definition) is 0. The van der Waals surface area contributed by atoms with Crippen LogP contribution in [0.25, 0.3) is 0 Å². The Morgan fingerprint density at radius 1 is 1.50 bits per heavy atom. The molecule has 3 saturated carbocycles. The van der Waals surface area contributed by atoms with Gasteiger partial charge in [-0.15, -0.1) is 0 Å². The fourth-order valence-corrected chi connectivity index (χ4v) is 4.40. The van der Waals surface area contributed by atoms with Crippen LogP contribution < -0.4 is 0 Å². The first-order valence-corrected chi connectivity index (χ1v) is 6.94. The van der Waals surface area contributed by atoms with Gasteiger partial charge in [-0.05, 0) is 55.8 Å². The molecule has 0 heterocycles. The number of carbonyl (C=O) groups excluding carboxylic acids is 1. The number of fused-ring (bicyclic) bond motifs is 3. The number of ether oxygens (including phenoxy) is 1. The lowest BCUT2D eigenvalue weighted by Crippen LogP contribution is -2.31. The highest BCUT2D eigenvalue weighted by Gasteiger charge is 2.63. The summed E-state index contributed by atoms with van der Waals surface area (Å²) < 4.78 is 4.84. The van der Waals surface area contributed by atoms with Gasteiger partial charge in [0.25, 0.3) is 0 Å². The monoisotopic (exact) mass is 246 g/mol. The van der Waals surface area contributed by atoms with E-state index >= 15 is 0 Å². The summed E-state index contributed by atoms with van der Waals surface area (Å²) in [5.41, 5.74) is 4.04. The van der Waals surface area contributed by atoms with Crippen LogP contribution in [0.15, 0.2) is 23.3 Å². The van der Waals surface area contributed by atoms with Gasteiger partial charge in [-0.1, -0.05) is 24.6 Å². The van der Waals surface area contributed by atoms with Crippen molar-refractivity contribution in [1.82, 2.24) is 0 Å². The van der Waals surface area contributed by atoms with Crippen LogP contribution >= 0.6 is 0 Å². The Hall–Kier alpha value is -1.05. The van der Waals surface area contributed by atoms with Crippen molar-refractivity contribution in [3.05, 3.63) is 23.3 Å². The summed E-state index contributed by atoms with van der Waals surface area (Å²) >= 11 is 0. The molecule has 0 bridgehead atoms. The first kappa shape index (κ1) is 12.0. The largest absolute Gasteiger partial charge is 0.466 e. The minimum absolute atomic E-state index is 0.164. The third-order valence-corrected chi connectivity index (χ3v) is 5.80. The summed E-state index contributed by atoms with van der Waals surface area (Å²) in [7, 11) is 1.46. The summed E-state index contributed by atoms with van der Waals surface area (Å²) in [5, 5.41) is 0. The van der Waals surface area contributed by atoms with E-state index in [0.29, 0.717) is 11.3 Å². The average molecular weight is 246 g/mol. The van der Waals surface area contributed by atoms with Crippen molar-refractivity contribution < 1.29 is 9.53 Å². The zero-order valence-electron chi connectivity index (χ0n) is 11.6. The molecular formula is C16H22O2. The summed E-state index contributed by atoms with van der Waals surface area (Å²) in [6, 6.07) is 0. The Bertz CT molecular complexity index is 460. The Kier molecular flexibility index (Phi) is 2.48. The molecule has 3 aliphatic rings. The molecule has 2 nitrogen and oxygen atoms in total. The lowest BCUT2D eigenvalue weighted by Gasteiger charge is -2.40. The summed E-state index contributed by atoms with van der Waals surface area (Å²) in [6.07, 6.45) is 4.66. The van der Waals surface area contributed by atoms with Gasteiger partial charge >= 0.3 is 5.97 Å². The highest BCUT2D eigenvalue weighted by molar-refractivity contribution is 5.88. The molecule has 0 aliphatic heterocycles. The Labute approximate surface area is 109 Å². The molecule has 3 aliphatic carbocycles. The third-order valence-electron chi connectivity index (χ3n) is 5.80. The molecule has 0 aromatic carbocycles. The summed E-state index contributed by atoms with van der Waals surface area (Å²) in [6.45, 7) is 8.67. The molecule has 0 spiro atoms. The molecule has 0 unspecified atom stereocenters. The zero-order valence-corrected chi connectivity index (χ0v) is 11.6. The minimum atomic E-state index is -0.164. The number of allylic oxidation sites excluding steroid dienone is 2. The smallest absolute Gasteiger partial charge is 0.333 e. The van der Waals surface area contributed by atoms with Gasteiger partial charge in [0.1, 0.15) is 0 Å². The van der Waals surface area contributed by atoms with Crippen molar-refractivity contribution in [2.24, 2.45) is 23.2 Å². The Morgan fingerprint density at radius 3 is 2.89 bits per heavy atom. The fraction of sp³-hybridized carbons (Fsp3) is 0.688. The molecule has 4 atom stereocenters. The maximum Gasteiger partial charge on any atom is 0.333 e. The third kappa shape index (κ3) is 1.44. The second-order valence-corrected chi connectivity index (χ2v) is 6.51. The van der Waals surface area contributed by atoms with Crippen LogP contribution in [0.2, 0.25) is 0 Å². The van der Waals surface area contributed by atoms with Gasteiger partial charge in [0.05, 0.1) is 7.11 Å².